The first-order valence-corrected chi connectivity index (χ1v) is 20.8. The van der Waals surface area contributed by atoms with Crippen LogP contribution in [-0.2, 0) is 43.0 Å². The van der Waals surface area contributed by atoms with Gasteiger partial charge in [0.25, 0.3) is 0 Å². The monoisotopic (exact) mass is 872 g/mol. The molecule has 0 bridgehead atoms. The number of fused-ring (bicyclic) bond motifs is 3. The van der Waals surface area contributed by atoms with Crippen molar-refractivity contribution < 1.29 is 50.6 Å². The molecule has 0 spiro atoms. The molecule has 1 unspecified atom stereocenters. The predicted octanol–water partition coefficient (Wildman–Crippen LogP) is 15.0. The van der Waals surface area contributed by atoms with E-state index in [0.29, 0.717) is 14.5 Å². The summed E-state index contributed by atoms with van der Waals surface area (Å²) in [5.41, 5.74) is 11.0. The Hall–Kier alpha value is -4.87. The van der Waals surface area contributed by atoms with Crippen molar-refractivity contribution >= 4 is 3.21 Å². The Labute approximate surface area is 358 Å². The zero-order chi connectivity index (χ0) is 42.4. The Morgan fingerprint density at radius 1 is 0.627 bits per heavy atom. The molecule has 0 saturated carbocycles. The van der Waals surface area contributed by atoms with Crippen LogP contribution in [0.1, 0.15) is 73.9 Å². The summed E-state index contributed by atoms with van der Waals surface area (Å²) in [6, 6.07) is 45.2. The number of hydrogen-bond donors (Lipinski definition) is 0. The molecule has 7 heteroatoms. The second-order valence-corrected chi connectivity index (χ2v) is 16.9. The Balaban J connectivity index is 0.000000158. The molecule has 0 radical (unpaired) electrons. The number of benzene rings is 6. The van der Waals surface area contributed by atoms with Crippen LogP contribution in [0.3, 0.4) is 0 Å². The van der Waals surface area contributed by atoms with Gasteiger partial charge in [-0.2, -0.15) is 11.6 Å². The quantitative estimate of drug-likeness (QED) is 0.115. The first-order valence-electron chi connectivity index (χ1n) is 19.6. The van der Waals surface area contributed by atoms with Crippen molar-refractivity contribution in [2.75, 3.05) is 0 Å². The topological polar surface area (TPSA) is 0 Å². The zero-order valence-electron chi connectivity index (χ0n) is 33.4. The Morgan fingerprint density at radius 2 is 1.19 bits per heavy atom. The molecule has 0 aliphatic heterocycles. The average molecular weight is 874 g/mol. The maximum atomic E-state index is 12.7. The normalized spacial score (nSPS) is 14.3. The van der Waals surface area contributed by atoms with E-state index < -0.39 is 23.5 Å². The van der Waals surface area contributed by atoms with Crippen molar-refractivity contribution in [1.29, 1.82) is 0 Å². The first kappa shape index (κ1) is 43.7. The fraction of sp³-hybridized carbons (Fsp3) is 0.212. The van der Waals surface area contributed by atoms with E-state index in [-0.39, 0.29) is 11.1 Å². The standard InChI is InChI=1S/C25H17.C15H8F6.C12H19.Zr/c1-3-7-18(8-4-1)20-11-13-24-22(15-20)17-23-16-21(12-14-25(23)24)19-9-5-2-6-10-19;16-14(17,18)12-5-1-3-10(8-12)7-11-4-2-6-13(9-11)15(19,20)21;1-5-6-10-7-8-11(9-10)12(2,3)4;/h1-15H,17H2;1-6,8-9H;8-10H,5-6H2,1-4H3;/q-1;;-1;+2. The molecule has 8 rings (SSSR count). The second kappa shape index (κ2) is 18.6. The van der Waals surface area contributed by atoms with E-state index in [1.54, 1.807) is 0 Å². The molecule has 0 amide bonds. The molecule has 1 atom stereocenters. The maximum absolute atomic E-state index is 12.7. The molecule has 0 nitrogen and oxygen atoms in total. The SMILES string of the molecule is CCCC1[C-]=CC(C(C)(C)C)=C1.FC(F)(F)c1cccc([C](=[Zr+2])c2cccc(C(F)(F)F)c2)c1.[c-]1c(-c2ccccc2)ccc2c1Cc1cc(-c3ccccc3)ccc1-2. The Kier molecular flexibility index (Phi) is 13.8. The molecule has 0 aromatic heterocycles. The van der Waals surface area contributed by atoms with Crippen molar-refractivity contribution in [3.63, 3.8) is 0 Å². The molecule has 298 valence electrons. The van der Waals surface area contributed by atoms with E-state index in [1.165, 1.54) is 87.2 Å². The molecule has 0 N–H and O–H groups in total. The summed E-state index contributed by atoms with van der Waals surface area (Å²) < 4.78 is 76.7. The van der Waals surface area contributed by atoms with E-state index in [2.05, 4.69) is 143 Å². The number of halogens is 6. The van der Waals surface area contributed by atoms with Gasteiger partial charge < -0.3 is 0 Å². The van der Waals surface area contributed by atoms with Crippen LogP contribution < -0.4 is 0 Å². The predicted molar refractivity (Wildman–Crippen MR) is 224 cm³/mol. The number of rotatable bonds is 6. The van der Waals surface area contributed by atoms with Gasteiger partial charge in [-0.05, 0) is 23.1 Å². The third kappa shape index (κ3) is 11.2. The van der Waals surface area contributed by atoms with Crippen molar-refractivity contribution in [3.05, 3.63) is 203 Å². The van der Waals surface area contributed by atoms with Crippen molar-refractivity contribution in [3.8, 4) is 33.4 Å². The maximum Gasteiger partial charge on any atom is -0.0181 e. The van der Waals surface area contributed by atoms with Crippen LogP contribution in [0.15, 0.2) is 157 Å². The molecule has 0 saturated heterocycles. The van der Waals surface area contributed by atoms with E-state index in [9.17, 15) is 26.3 Å². The molecule has 6 aromatic rings. The van der Waals surface area contributed by atoms with Gasteiger partial charge in [0.15, 0.2) is 0 Å². The summed E-state index contributed by atoms with van der Waals surface area (Å²) in [6.45, 7) is 8.99. The molecule has 0 fully saturated rings. The molecular weight excluding hydrogens is 830 g/mol. The third-order valence-corrected chi connectivity index (χ3v) is 11.7. The van der Waals surface area contributed by atoms with Gasteiger partial charge in [-0.25, -0.2) is 6.08 Å². The second-order valence-electron chi connectivity index (χ2n) is 15.7. The van der Waals surface area contributed by atoms with E-state index in [1.807, 2.05) is 0 Å². The van der Waals surface area contributed by atoms with Crippen LogP contribution in [0.5, 0.6) is 0 Å². The average Bonchev–Trinajstić information content (AvgIpc) is 3.86. The number of alkyl halides is 6. The van der Waals surface area contributed by atoms with Gasteiger partial charge in [0.05, 0.1) is 0 Å². The van der Waals surface area contributed by atoms with Crippen LogP contribution in [0, 0.1) is 23.5 Å². The van der Waals surface area contributed by atoms with Crippen LogP contribution in [0.2, 0.25) is 0 Å². The van der Waals surface area contributed by atoms with E-state index in [4.69, 9.17) is 0 Å². The van der Waals surface area contributed by atoms with Gasteiger partial charge in [0.1, 0.15) is 0 Å². The van der Waals surface area contributed by atoms with Gasteiger partial charge in [-0.15, -0.1) is 29.3 Å². The summed E-state index contributed by atoms with van der Waals surface area (Å²) >= 11 is 0.729. The fourth-order valence-electron chi connectivity index (χ4n) is 7.04. The van der Waals surface area contributed by atoms with Gasteiger partial charge >= 0.3 is 137 Å². The van der Waals surface area contributed by atoms with Gasteiger partial charge in [0.2, 0.25) is 0 Å². The third-order valence-electron chi connectivity index (χ3n) is 10.2. The van der Waals surface area contributed by atoms with Crippen LogP contribution in [0.25, 0.3) is 33.4 Å². The van der Waals surface area contributed by atoms with Crippen LogP contribution in [-0.4, -0.2) is 3.21 Å². The van der Waals surface area contributed by atoms with Crippen molar-refractivity contribution in [1.82, 2.24) is 0 Å². The molecule has 0 heterocycles. The minimum Gasteiger partial charge on any atom is -0.143 e. The zero-order valence-corrected chi connectivity index (χ0v) is 35.9. The van der Waals surface area contributed by atoms with E-state index >= 15 is 0 Å². The Bertz CT molecular complexity index is 2300. The molecule has 59 heavy (non-hydrogen) atoms. The summed E-state index contributed by atoms with van der Waals surface area (Å²) in [5.74, 6) is 0.587. The summed E-state index contributed by atoms with van der Waals surface area (Å²) in [7, 11) is 0. The molecular formula is C52H44F6Zr. The minimum atomic E-state index is -4.49. The molecule has 6 aromatic carbocycles. The largest absolute Gasteiger partial charge is 0.143 e. The number of allylic oxidation sites excluding steroid dienone is 4. The smallest absolute Gasteiger partial charge is 0.0181 e. The summed E-state index contributed by atoms with van der Waals surface area (Å²) in [5, 5.41) is 0. The van der Waals surface area contributed by atoms with Crippen molar-refractivity contribution in [2.45, 2.75) is 59.3 Å². The van der Waals surface area contributed by atoms with Gasteiger partial charge in [-0.3, -0.25) is 6.08 Å². The molecule has 2 aliphatic rings. The van der Waals surface area contributed by atoms with Crippen LogP contribution >= 0.6 is 0 Å². The van der Waals surface area contributed by atoms with Gasteiger partial charge in [-0.1, -0.05) is 147 Å². The summed E-state index contributed by atoms with van der Waals surface area (Å²) in [4.78, 5) is 0. The van der Waals surface area contributed by atoms with E-state index in [0.717, 1.165) is 54.9 Å². The van der Waals surface area contributed by atoms with Crippen LogP contribution in [0.4, 0.5) is 26.3 Å². The molecule has 2 aliphatic carbocycles. The minimum absolute atomic E-state index is 0.271. The van der Waals surface area contributed by atoms with Gasteiger partial charge in [0, 0.05) is 0 Å². The van der Waals surface area contributed by atoms with Crippen molar-refractivity contribution in [2.24, 2.45) is 11.3 Å². The summed E-state index contributed by atoms with van der Waals surface area (Å²) in [6.07, 6.45) is 2.42. The number of hydrogen-bond acceptors (Lipinski definition) is 0. The first-order chi connectivity index (χ1) is 28.0. The Morgan fingerprint density at radius 3 is 1.71 bits per heavy atom. The fourth-order valence-corrected chi connectivity index (χ4v) is 7.81.